The minimum atomic E-state index is -0.503. The lowest BCUT2D eigenvalue weighted by Gasteiger charge is -2.36. The Labute approximate surface area is 109 Å². The van der Waals surface area contributed by atoms with Crippen LogP contribution in [0.4, 0.5) is 4.79 Å². The van der Waals surface area contributed by atoms with Gasteiger partial charge in [0.05, 0.1) is 6.10 Å². The van der Waals surface area contributed by atoms with Gasteiger partial charge in [0.2, 0.25) is 0 Å². The van der Waals surface area contributed by atoms with Gasteiger partial charge < -0.3 is 14.6 Å². The molecule has 0 radical (unpaired) electrons. The van der Waals surface area contributed by atoms with Crippen molar-refractivity contribution >= 4 is 6.09 Å². The lowest BCUT2D eigenvalue weighted by atomic mass is 9.92. The first-order chi connectivity index (χ1) is 8.33. The van der Waals surface area contributed by atoms with Crippen LogP contribution >= 0.6 is 0 Å². The van der Waals surface area contributed by atoms with Crippen LogP contribution in [0.25, 0.3) is 0 Å². The van der Waals surface area contributed by atoms with Gasteiger partial charge in [0.25, 0.3) is 0 Å². The largest absolute Gasteiger partial charge is 0.444 e. The van der Waals surface area contributed by atoms with E-state index in [1.54, 1.807) is 12.0 Å². The number of methoxy groups -OCH3 is 1. The summed E-state index contributed by atoms with van der Waals surface area (Å²) in [5.74, 6) is 0. The third kappa shape index (κ3) is 4.82. The molecule has 0 bridgehead atoms. The van der Waals surface area contributed by atoms with Gasteiger partial charge in [-0.3, -0.25) is 4.90 Å². The molecule has 0 aromatic carbocycles. The van der Waals surface area contributed by atoms with Crippen LogP contribution in [0.3, 0.4) is 0 Å². The molecule has 1 rings (SSSR count). The number of carbonyl (C=O) groups is 1. The lowest BCUT2D eigenvalue weighted by Crippen LogP contribution is -2.46. The smallest absolute Gasteiger partial charge is 0.412 e. The van der Waals surface area contributed by atoms with Gasteiger partial charge in [-0.25, -0.2) is 4.79 Å². The fourth-order valence-corrected chi connectivity index (χ4v) is 2.14. The van der Waals surface area contributed by atoms with Gasteiger partial charge >= 0.3 is 6.09 Å². The number of hydrogen-bond acceptors (Lipinski definition) is 4. The van der Waals surface area contributed by atoms with Crippen molar-refractivity contribution in [3.63, 3.8) is 0 Å². The Kier molecular flexibility index (Phi) is 5.41. The molecule has 18 heavy (non-hydrogen) atoms. The summed E-state index contributed by atoms with van der Waals surface area (Å²) in [6, 6.07) is 0.100. The molecule has 5 nitrogen and oxygen atoms in total. The number of hydrogen-bond donors (Lipinski definition) is 1. The minimum absolute atomic E-state index is 0.100. The zero-order valence-corrected chi connectivity index (χ0v) is 11.8. The van der Waals surface area contributed by atoms with Crippen LogP contribution in [0.5, 0.6) is 0 Å². The van der Waals surface area contributed by atoms with Crippen LogP contribution in [-0.4, -0.2) is 47.7 Å². The van der Waals surface area contributed by atoms with Gasteiger partial charge in [-0.15, -0.1) is 0 Å². The van der Waals surface area contributed by atoms with E-state index in [-0.39, 0.29) is 25.0 Å². The topological polar surface area (TPSA) is 59.0 Å². The third-order valence-corrected chi connectivity index (χ3v) is 3.00. The van der Waals surface area contributed by atoms with Crippen LogP contribution in [0.15, 0.2) is 0 Å². The lowest BCUT2D eigenvalue weighted by molar-refractivity contribution is -0.0287. The standard InChI is InChI=1S/C13H25NO4/c1-13(2,3)18-12(16)14(9-17-4)10-5-7-11(15)8-6-10/h10-11,15H,5-9H2,1-4H3. The van der Waals surface area contributed by atoms with E-state index < -0.39 is 5.60 Å². The quantitative estimate of drug-likeness (QED) is 0.789. The molecule has 1 aliphatic rings. The number of amides is 1. The second-order valence-corrected chi connectivity index (χ2v) is 5.83. The van der Waals surface area contributed by atoms with E-state index in [1.807, 2.05) is 20.8 Å². The van der Waals surface area contributed by atoms with Crippen molar-refractivity contribution in [3.05, 3.63) is 0 Å². The predicted molar refractivity (Wildman–Crippen MR) is 68.2 cm³/mol. The maximum Gasteiger partial charge on any atom is 0.412 e. The SMILES string of the molecule is COCN(C(=O)OC(C)(C)C)C1CCC(O)CC1. The highest BCUT2D eigenvalue weighted by Crippen LogP contribution is 2.24. The first-order valence-electron chi connectivity index (χ1n) is 6.50. The predicted octanol–water partition coefficient (Wildman–Crippen LogP) is 2.13. The van der Waals surface area contributed by atoms with E-state index >= 15 is 0 Å². The maximum absolute atomic E-state index is 12.1. The monoisotopic (exact) mass is 259 g/mol. The van der Waals surface area contributed by atoms with Gasteiger partial charge in [0.15, 0.2) is 0 Å². The fourth-order valence-electron chi connectivity index (χ4n) is 2.14. The number of nitrogens with zero attached hydrogens (tertiary/aromatic N) is 1. The van der Waals surface area contributed by atoms with E-state index in [4.69, 9.17) is 9.47 Å². The summed E-state index contributed by atoms with van der Waals surface area (Å²) < 4.78 is 10.5. The Bertz CT molecular complexity index is 267. The van der Waals surface area contributed by atoms with E-state index in [2.05, 4.69) is 0 Å². The number of aliphatic hydroxyl groups excluding tert-OH is 1. The molecule has 0 heterocycles. The molecule has 0 spiro atoms. The van der Waals surface area contributed by atoms with Crippen molar-refractivity contribution in [2.45, 2.75) is 64.2 Å². The number of ether oxygens (including phenoxy) is 2. The normalized spacial score (nSPS) is 24.7. The molecule has 0 unspecified atom stereocenters. The Balaban J connectivity index is 2.61. The summed E-state index contributed by atoms with van der Waals surface area (Å²) in [4.78, 5) is 13.7. The Morgan fingerprint density at radius 1 is 1.28 bits per heavy atom. The average molecular weight is 259 g/mol. The Morgan fingerprint density at radius 3 is 2.28 bits per heavy atom. The molecule has 0 aromatic rings. The molecule has 0 aliphatic heterocycles. The minimum Gasteiger partial charge on any atom is -0.444 e. The van der Waals surface area contributed by atoms with Crippen molar-refractivity contribution in [1.82, 2.24) is 4.90 Å². The number of rotatable bonds is 3. The van der Waals surface area contributed by atoms with Gasteiger partial charge in [-0.1, -0.05) is 0 Å². The first-order valence-corrected chi connectivity index (χ1v) is 6.50. The van der Waals surface area contributed by atoms with Gasteiger partial charge in [-0.2, -0.15) is 0 Å². The van der Waals surface area contributed by atoms with Crippen LogP contribution < -0.4 is 0 Å². The van der Waals surface area contributed by atoms with Gasteiger partial charge in [0.1, 0.15) is 12.3 Å². The van der Waals surface area contributed by atoms with Crippen molar-refractivity contribution in [3.8, 4) is 0 Å². The van der Waals surface area contributed by atoms with Gasteiger partial charge in [0, 0.05) is 13.2 Å². The molecule has 0 saturated heterocycles. The maximum atomic E-state index is 12.1. The van der Waals surface area contributed by atoms with E-state index in [0.29, 0.717) is 0 Å². The molecule has 1 aliphatic carbocycles. The summed E-state index contributed by atoms with van der Waals surface area (Å²) >= 11 is 0. The molecular formula is C13H25NO4. The van der Waals surface area contributed by atoms with E-state index in [9.17, 15) is 9.90 Å². The molecule has 0 atom stereocenters. The highest BCUT2D eigenvalue weighted by Gasteiger charge is 2.31. The molecule has 5 heteroatoms. The zero-order valence-electron chi connectivity index (χ0n) is 11.8. The molecular weight excluding hydrogens is 234 g/mol. The van der Waals surface area contributed by atoms with Crippen LogP contribution in [0.2, 0.25) is 0 Å². The summed E-state index contributed by atoms with van der Waals surface area (Å²) in [5.41, 5.74) is -0.503. The van der Waals surface area contributed by atoms with Crippen molar-refractivity contribution in [2.75, 3.05) is 13.8 Å². The molecule has 1 fully saturated rings. The van der Waals surface area contributed by atoms with Crippen molar-refractivity contribution in [1.29, 1.82) is 0 Å². The third-order valence-electron chi connectivity index (χ3n) is 3.00. The van der Waals surface area contributed by atoms with Gasteiger partial charge in [-0.05, 0) is 46.5 Å². The second-order valence-electron chi connectivity index (χ2n) is 5.83. The Hall–Kier alpha value is -0.810. The summed E-state index contributed by atoms with van der Waals surface area (Å²) in [6.45, 7) is 5.77. The van der Waals surface area contributed by atoms with Crippen molar-refractivity contribution in [2.24, 2.45) is 0 Å². The number of aliphatic hydroxyl groups is 1. The molecule has 0 aromatic heterocycles. The summed E-state index contributed by atoms with van der Waals surface area (Å²) in [6.07, 6.45) is 2.48. The number of carbonyl (C=O) groups excluding carboxylic acids is 1. The van der Waals surface area contributed by atoms with Crippen LogP contribution in [0.1, 0.15) is 46.5 Å². The summed E-state index contributed by atoms with van der Waals surface area (Å²) in [7, 11) is 1.56. The molecule has 1 saturated carbocycles. The van der Waals surface area contributed by atoms with Crippen molar-refractivity contribution < 1.29 is 19.4 Å². The molecule has 106 valence electrons. The fraction of sp³-hybridized carbons (Fsp3) is 0.923. The zero-order chi connectivity index (χ0) is 13.8. The highest BCUT2D eigenvalue weighted by molar-refractivity contribution is 5.68. The second kappa shape index (κ2) is 6.38. The molecule has 1 amide bonds. The van der Waals surface area contributed by atoms with E-state index in [1.165, 1.54) is 0 Å². The average Bonchev–Trinajstić information content (AvgIpc) is 2.25. The highest BCUT2D eigenvalue weighted by atomic mass is 16.6. The van der Waals surface area contributed by atoms with Crippen LogP contribution in [0, 0.1) is 0 Å². The first kappa shape index (κ1) is 15.2. The van der Waals surface area contributed by atoms with Crippen LogP contribution in [-0.2, 0) is 9.47 Å². The summed E-state index contributed by atoms with van der Waals surface area (Å²) in [5, 5.41) is 9.50. The van der Waals surface area contributed by atoms with E-state index in [0.717, 1.165) is 25.7 Å². The Morgan fingerprint density at radius 2 is 1.83 bits per heavy atom. The molecule has 1 N–H and O–H groups in total.